The van der Waals surface area contributed by atoms with Gasteiger partial charge in [-0.15, -0.1) is 0 Å². The first-order valence-electron chi connectivity index (χ1n) is 5.85. The first kappa shape index (κ1) is 14.9. The van der Waals surface area contributed by atoms with E-state index in [2.05, 4.69) is 10.6 Å². The summed E-state index contributed by atoms with van der Waals surface area (Å²) in [5.74, 6) is -0.00658. The number of carbonyl (C=O) groups is 1. The van der Waals surface area contributed by atoms with E-state index in [4.69, 9.17) is 4.74 Å². The normalized spacial score (nSPS) is 10.0. The number of benzene rings is 1. The van der Waals surface area contributed by atoms with Crippen LogP contribution in [0.15, 0.2) is 18.2 Å². The number of methoxy groups -OCH3 is 1. The number of amides is 1. The Morgan fingerprint density at radius 1 is 1.47 bits per heavy atom. The van der Waals surface area contributed by atoms with Crippen LogP contribution in [0.1, 0.15) is 12.8 Å². The molecule has 0 aliphatic heterocycles. The molecule has 0 spiro atoms. The van der Waals surface area contributed by atoms with Crippen LogP contribution in [0.25, 0.3) is 0 Å². The number of rotatable bonds is 7. The van der Waals surface area contributed by atoms with E-state index >= 15 is 0 Å². The molecule has 0 saturated carbocycles. The Morgan fingerprint density at radius 2 is 2.21 bits per heavy atom. The minimum atomic E-state index is -0.546. The maximum absolute atomic E-state index is 11.6. The zero-order valence-electron chi connectivity index (χ0n) is 10.9. The number of nitrogens with zero attached hydrogens (tertiary/aromatic N) is 1. The Morgan fingerprint density at radius 3 is 2.79 bits per heavy atom. The lowest BCUT2D eigenvalue weighted by molar-refractivity contribution is -0.385. The molecular formula is C12H17N3O4. The summed E-state index contributed by atoms with van der Waals surface area (Å²) in [7, 11) is 3.17. The zero-order chi connectivity index (χ0) is 14.3. The van der Waals surface area contributed by atoms with Gasteiger partial charge in [0.25, 0.3) is 0 Å². The summed E-state index contributed by atoms with van der Waals surface area (Å²) in [5, 5.41) is 16.4. The number of anilines is 1. The largest absolute Gasteiger partial charge is 0.490 e. The van der Waals surface area contributed by atoms with Crippen LogP contribution in [0.4, 0.5) is 11.4 Å². The molecule has 0 saturated heterocycles. The van der Waals surface area contributed by atoms with Crippen molar-refractivity contribution >= 4 is 17.3 Å². The van der Waals surface area contributed by atoms with Crippen molar-refractivity contribution in [3.63, 3.8) is 0 Å². The average molecular weight is 267 g/mol. The molecule has 0 aliphatic rings. The van der Waals surface area contributed by atoms with Gasteiger partial charge in [0.2, 0.25) is 5.91 Å². The summed E-state index contributed by atoms with van der Waals surface area (Å²) in [6.07, 6.45) is 1.07. The summed E-state index contributed by atoms with van der Waals surface area (Å²) in [6, 6.07) is 4.32. The third-order valence-corrected chi connectivity index (χ3v) is 2.49. The highest BCUT2D eigenvalue weighted by molar-refractivity contribution is 5.91. The van der Waals surface area contributed by atoms with Crippen molar-refractivity contribution in [2.45, 2.75) is 12.8 Å². The van der Waals surface area contributed by atoms with E-state index in [-0.39, 0.29) is 17.3 Å². The quantitative estimate of drug-likeness (QED) is 0.444. The van der Waals surface area contributed by atoms with Crippen molar-refractivity contribution in [3.05, 3.63) is 28.3 Å². The van der Waals surface area contributed by atoms with Gasteiger partial charge in [-0.05, 0) is 32.1 Å². The monoisotopic (exact) mass is 267 g/mol. The van der Waals surface area contributed by atoms with Gasteiger partial charge in [-0.3, -0.25) is 14.9 Å². The summed E-state index contributed by atoms with van der Waals surface area (Å²) in [6.45, 7) is 0.746. The molecule has 0 unspecified atom stereocenters. The minimum absolute atomic E-state index is 0.165. The predicted molar refractivity (Wildman–Crippen MR) is 71.4 cm³/mol. The van der Waals surface area contributed by atoms with Gasteiger partial charge >= 0.3 is 5.69 Å². The van der Waals surface area contributed by atoms with E-state index in [1.165, 1.54) is 19.2 Å². The van der Waals surface area contributed by atoms with Crippen LogP contribution in [-0.4, -0.2) is 31.5 Å². The van der Waals surface area contributed by atoms with Gasteiger partial charge in [0.05, 0.1) is 12.0 Å². The van der Waals surface area contributed by atoms with E-state index in [0.29, 0.717) is 18.5 Å². The first-order valence-corrected chi connectivity index (χ1v) is 5.85. The molecular weight excluding hydrogens is 250 g/mol. The maximum atomic E-state index is 11.6. The van der Waals surface area contributed by atoms with Gasteiger partial charge in [0, 0.05) is 18.2 Å². The third kappa shape index (κ3) is 4.55. The molecule has 0 atom stereocenters. The molecule has 1 amide bonds. The fourth-order valence-corrected chi connectivity index (χ4v) is 1.56. The summed E-state index contributed by atoms with van der Waals surface area (Å²) >= 11 is 0. The molecule has 0 bridgehead atoms. The van der Waals surface area contributed by atoms with Crippen molar-refractivity contribution in [3.8, 4) is 5.75 Å². The molecule has 0 aromatic heterocycles. The molecule has 1 aromatic carbocycles. The van der Waals surface area contributed by atoms with Gasteiger partial charge in [-0.25, -0.2) is 0 Å². The second-order valence-corrected chi connectivity index (χ2v) is 3.90. The lowest BCUT2D eigenvalue weighted by Gasteiger charge is -2.07. The highest BCUT2D eigenvalue weighted by atomic mass is 16.6. The average Bonchev–Trinajstić information content (AvgIpc) is 2.39. The number of carbonyl (C=O) groups excluding carboxylic acids is 1. The Hall–Kier alpha value is -2.15. The topological polar surface area (TPSA) is 93.5 Å². The molecule has 1 aromatic rings. The molecule has 7 heteroatoms. The number of ether oxygens (including phenoxy) is 1. The Labute approximate surface area is 111 Å². The highest BCUT2D eigenvalue weighted by Gasteiger charge is 2.15. The fourth-order valence-electron chi connectivity index (χ4n) is 1.56. The Balaban J connectivity index is 2.71. The molecule has 0 aliphatic carbocycles. The van der Waals surface area contributed by atoms with E-state index in [0.717, 1.165) is 6.54 Å². The van der Waals surface area contributed by atoms with Crippen LogP contribution in [-0.2, 0) is 4.79 Å². The lowest BCUT2D eigenvalue weighted by Crippen LogP contribution is -2.15. The van der Waals surface area contributed by atoms with Gasteiger partial charge in [0.1, 0.15) is 0 Å². The second kappa shape index (κ2) is 7.32. The number of hydrogen-bond acceptors (Lipinski definition) is 5. The minimum Gasteiger partial charge on any atom is -0.490 e. The van der Waals surface area contributed by atoms with Crippen LogP contribution in [0.2, 0.25) is 0 Å². The zero-order valence-corrected chi connectivity index (χ0v) is 10.9. The number of hydrogen-bond donors (Lipinski definition) is 2. The number of nitro groups is 1. The summed E-state index contributed by atoms with van der Waals surface area (Å²) in [5.41, 5.74) is 0.220. The first-order chi connectivity index (χ1) is 9.08. The predicted octanol–water partition coefficient (Wildman–Crippen LogP) is 1.54. The fraction of sp³-hybridized carbons (Fsp3) is 0.417. The number of nitro benzene ring substituents is 1. The molecule has 0 fully saturated rings. The highest BCUT2D eigenvalue weighted by Crippen LogP contribution is 2.29. The van der Waals surface area contributed by atoms with Crippen molar-refractivity contribution < 1.29 is 14.5 Å². The molecule has 2 N–H and O–H groups in total. The molecule has 1 rings (SSSR count). The molecule has 0 radical (unpaired) electrons. The van der Waals surface area contributed by atoms with Crippen LogP contribution >= 0.6 is 0 Å². The van der Waals surface area contributed by atoms with E-state index in [9.17, 15) is 14.9 Å². The van der Waals surface area contributed by atoms with Crippen molar-refractivity contribution in [2.75, 3.05) is 26.0 Å². The van der Waals surface area contributed by atoms with Crippen molar-refractivity contribution in [2.24, 2.45) is 0 Å². The van der Waals surface area contributed by atoms with Crippen LogP contribution in [0.3, 0.4) is 0 Å². The second-order valence-electron chi connectivity index (χ2n) is 3.90. The Kier molecular flexibility index (Phi) is 5.74. The van der Waals surface area contributed by atoms with Gasteiger partial charge < -0.3 is 15.4 Å². The van der Waals surface area contributed by atoms with Crippen molar-refractivity contribution in [1.82, 2.24) is 5.32 Å². The lowest BCUT2D eigenvalue weighted by atomic mass is 10.2. The molecule has 104 valence electrons. The molecule has 19 heavy (non-hydrogen) atoms. The maximum Gasteiger partial charge on any atom is 0.312 e. The SMILES string of the molecule is CNCCCC(=O)Nc1ccc(OC)c([N+](=O)[O-])c1. The van der Waals surface area contributed by atoms with Gasteiger partial charge in [-0.1, -0.05) is 0 Å². The Bertz CT molecular complexity index is 462. The van der Waals surface area contributed by atoms with Gasteiger partial charge in [0.15, 0.2) is 5.75 Å². The molecule has 0 heterocycles. The standard InChI is InChI=1S/C12H17N3O4/c1-13-7-3-4-12(16)14-9-5-6-11(19-2)10(8-9)15(17)18/h5-6,8,13H,3-4,7H2,1-2H3,(H,14,16). The van der Waals surface area contributed by atoms with Crippen LogP contribution in [0, 0.1) is 10.1 Å². The van der Waals surface area contributed by atoms with Crippen molar-refractivity contribution in [1.29, 1.82) is 0 Å². The number of nitrogens with one attached hydrogen (secondary N) is 2. The van der Waals surface area contributed by atoms with Crippen LogP contribution < -0.4 is 15.4 Å². The third-order valence-electron chi connectivity index (χ3n) is 2.49. The van der Waals surface area contributed by atoms with Crippen LogP contribution in [0.5, 0.6) is 5.75 Å². The smallest absolute Gasteiger partial charge is 0.312 e. The summed E-state index contributed by atoms with van der Waals surface area (Å²) < 4.78 is 4.88. The van der Waals surface area contributed by atoms with E-state index in [1.54, 1.807) is 6.07 Å². The van der Waals surface area contributed by atoms with E-state index < -0.39 is 4.92 Å². The van der Waals surface area contributed by atoms with E-state index in [1.807, 2.05) is 7.05 Å². The molecule has 7 nitrogen and oxygen atoms in total. The van der Waals surface area contributed by atoms with Gasteiger partial charge in [-0.2, -0.15) is 0 Å². The summed E-state index contributed by atoms with van der Waals surface area (Å²) in [4.78, 5) is 21.9.